The lowest BCUT2D eigenvalue weighted by molar-refractivity contribution is -0.124. The van der Waals surface area contributed by atoms with Crippen molar-refractivity contribution < 1.29 is 23.8 Å². The number of benzene rings is 2. The molecule has 2 unspecified atom stereocenters. The van der Waals surface area contributed by atoms with E-state index < -0.39 is 6.10 Å². The van der Waals surface area contributed by atoms with Crippen molar-refractivity contribution in [2.45, 2.75) is 32.9 Å². The zero-order chi connectivity index (χ0) is 21.4. The summed E-state index contributed by atoms with van der Waals surface area (Å²) in [5.74, 6) is -0.504. The number of ether oxygens (including phenoxy) is 1. The van der Waals surface area contributed by atoms with Crippen molar-refractivity contribution in [3.8, 4) is 5.75 Å². The molecule has 0 saturated carbocycles. The quantitative estimate of drug-likeness (QED) is 0.602. The highest BCUT2D eigenvalue weighted by atomic mass is 19.1. The standard InChI is InChI=1S/C22H27FN2O4/c1-14(2)21(16-7-9-18(23)10-8-16)25-20(27)13-29-19-6-4-5-17(11-19)22(28)24-12-15(3)26/h4-11,14-15,21,26H,12-13H2,1-3H3,(H,24,28)(H,25,27). The fourth-order valence-electron chi connectivity index (χ4n) is 2.74. The Labute approximate surface area is 170 Å². The van der Waals surface area contributed by atoms with Crippen LogP contribution >= 0.6 is 0 Å². The molecule has 6 nitrogen and oxygen atoms in total. The van der Waals surface area contributed by atoms with E-state index in [0.717, 1.165) is 5.56 Å². The van der Waals surface area contributed by atoms with Crippen LogP contribution in [0.25, 0.3) is 0 Å². The summed E-state index contributed by atoms with van der Waals surface area (Å²) < 4.78 is 18.7. The summed E-state index contributed by atoms with van der Waals surface area (Å²) >= 11 is 0. The maximum atomic E-state index is 13.2. The molecule has 0 spiro atoms. The summed E-state index contributed by atoms with van der Waals surface area (Å²) in [6.07, 6.45) is -0.642. The Kier molecular flexibility index (Phi) is 8.15. The van der Waals surface area contributed by atoms with Crippen molar-refractivity contribution in [3.05, 3.63) is 65.5 Å². The van der Waals surface area contributed by atoms with Crippen LogP contribution in [-0.2, 0) is 4.79 Å². The average molecular weight is 402 g/mol. The summed E-state index contributed by atoms with van der Waals surface area (Å²) in [5, 5.41) is 14.8. The van der Waals surface area contributed by atoms with E-state index in [1.165, 1.54) is 18.2 Å². The van der Waals surface area contributed by atoms with E-state index in [0.29, 0.717) is 11.3 Å². The predicted molar refractivity (Wildman–Crippen MR) is 108 cm³/mol. The monoisotopic (exact) mass is 402 g/mol. The number of halogens is 1. The predicted octanol–water partition coefficient (Wildman–Crippen LogP) is 2.83. The lowest BCUT2D eigenvalue weighted by Crippen LogP contribution is -2.35. The molecular formula is C22H27FN2O4. The van der Waals surface area contributed by atoms with Gasteiger partial charge in [0.15, 0.2) is 6.61 Å². The van der Waals surface area contributed by atoms with Gasteiger partial charge in [-0.05, 0) is 48.7 Å². The number of hydrogen-bond acceptors (Lipinski definition) is 4. The van der Waals surface area contributed by atoms with Crippen LogP contribution in [0.4, 0.5) is 4.39 Å². The van der Waals surface area contributed by atoms with E-state index in [1.54, 1.807) is 37.3 Å². The average Bonchev–Trinajstić information content (AvgIpc) is 2.69. The highest BCUT2D eigenvalue weighted by molar-refractivity contribution is 5.94. The Morgan fingerprint density at radius 2 is 1.79 bits per heavy atom. The summed E-state index contributed by atoms with van der Waals surface area (Å²) in [7, 11) is 0. The fraction of sp³-hybridized carbons (Fsp3) is 0.364. The number of rotatable bonds is 9. The van der Waals surface area contributed by atoms with E-state index in [2.05, 4.69) is 10.6 Å². The van der Waals surface area contributed by atoms with Gasteiger partial charge in [0.05, 0.1) is 12.1 Å². The number of aliphatic hydroxyl groups is 1. The normalized spacial score (nSPS) is 12.9. The smallest absolute Gasteiger partial charge is 0.258 e. The molecule has 3 N–H and O–H groups in total. The molecule has 0 heterocycles. The van der Waals surface area contributed by atoms with Gasteiger partial charge in [0, 0.05) is 12.1 Å². The third-order valence-corrected chi connectivity index (χ3v) is 4.24. The van der Waals surface area contributed by atoms with Crippen LogP contribution in [0.1, 0.15) is 42.7 Å². The first-order chi connectivity index (χ1) is 13.8. The Hall–Kier alpha value is -2.93. The Morgan fingerprint density at radius 3 is 2.41 bits per heavy atom. The lowest BCUT2D eigenvalue weighted by atomic mass is 9.96. The van der Waals surface area contributed by atoms with Crippen LogP contribution in [0.2, 0.25) is 0 Å². The van der Waals surface area contributed by atoms with E-state index >= 15 is 0 Å². The van der Waals surface area contributed by atoms with Crippen molar-refractivity contribution in [2.24, 2.45) is 5.92 Å². The molecule has 2 rings (SSSR count). The number of amides is 2. The second-order valence-corrected chi connectivity index (χ2v) is 7.22. The highest BCUT2D eigenvalue weighted by Crippen LogP contribution is 2.22. The largest absolute Gasteiger partial charge is 0.484 e. The zero-order valence-corrected chi connectivity index (χ0v) is 16.8. The molecule has 156 valence electrons. The molecule has 0 radical (unpaired) electrons. The molecule has 2 amide bonds. The van der Waals surface area contributed by atoms with Gasteiger partial charge in [-0.15, -0.1) is 0 Å². The minimum atomic E-state index is -0.642. The van der Waals surface area contributed by atoms with Gasteiger partial charge in [-0.3, -0.25) is 9.59 Å². The van der Waals surface area contributed by atoms with Crippen LogP contribution in [0, 0.1) is 11.7 Å². The molecule has 0 fully saturated rings. The molecule has 0 aromatic heterocycles. The summed E-state index contributed by atoms with van der Waals surface area (Å²) in [5.41, 5.74) is 1.18. The fourth-order valence-corrected chi connectivity index (χ4v) is 2.74. The van der Waals surface area contributed by atoms with Crippen LogP contribution in [0.3, 0.4) is 0 Å². The maximum absolute atomic E-state index is 13.2. The maximum Gasteiger partial charge on any atom is 0.258 e. The second kappa shape index (κ2) is 10.6. The minimum absolute atomic E-state index is 0.102. The number of aliphatic hydroxyl groups excluding tert-OH is 1. The molecule has 2 aromatic carbocycles. The first-order valence-corrected chi connectivity index (χ1v) is 9.50. The Balaban J connectivity index is 1.94. The van der Waals surface area contributed by atoms with Gasteiger partial charge in [-0.1, -0.05) is 32.0 Å². The molecule has 0 aliphatic carbocycles. The minimum Gasteiger partial charge on any atom is -0.484 e. The molecule has 0 bridgehead atoms. The van der Waals surface area contributed by atoms with Gasteiger partial charge < -0.3 is 20.5 Å². The zero-order valence-electron chi connectivity index (χ0n) is 16.8. The number of carbonyl (C=O) groups excluding carboxylic acids is 2. The Bertz CT molecular complexity index is 822. The Morgan fingerprint density at radius 1 is 1.10 bits per heavy atom. The summed E-state index contributed by atoms with van der Waals surface area (Å²) in [6, 6.07) is 12.2. The van der Waals surface area contributed by atoms with E-state index in [-0.39, 0.29) is 42.7 Å². The van der Waals surface area contributed by atoms with Crippen LogP contribution in [-0.4, -0.2) is 36.2 Å². The summed E-state index contributed by atoms with van der Waals surface area (Å²) in [4.78, 5) is 24.4. The van der Waals surface area contributed by atoms with Crippen molar-refractivity contribution in [2.75, 3.05) is 13.2 Å². The van der Waals surface area contributed by atoms with Crippen molar-refractivity contribution >= 4 is 11.8 Å². The molecule has 29 heavy (non-hydrogen) atoms. The van der Waals surface area contributed by atoms with Gasteiger partial charge in [-0.25, -0.2) is 4.39 Å². The van der Waals surface area contributed by atoms with Gasteiger partial charge >= 0.3 is 0 Å². The topological polar surface area (TPSA) is 87.7 Å². The van der Waals surface area contributed by atoms with Gasteiger partial charge in [0.1, 0.15) is 11.6 Å². The first-order valence-electron chi connectivity index (χ1n) is 9.50. The van der Waals surface area contributed by atoms with Gasteiger partial charge in [0.25, 0.3) is 11.8 Å². The van der Waals surface area contributed by atoms with Crippen molar-refractivity contribution in [1.29, 1.82) is 0 Å². The van der Waals surface area contributed by atoms with Crippen molar-refractivity contribution in [1.82, 2.24) is 10.6 Å². The second-order valence-electron chi connectivity index (χ2n) is 7.22. The molecular weight excluding hydrogens is 375 g/mol. The van der Waals surface area contributed by atoms with Crippen LogP contribution in [0.15, 0.2) is 48.5 Å². The van der Waals surface area contributed by atoms with Crippen LogP contribution in [0.5, 0.6) is 5.75 Å². The van der Waals surface area contributed by atoms with E-state index in [1.807, 2.05) is 13.8 Å². The number of carbonyl (C=O) groups is 2. The molecule has 0 aliphatic heterocycles. The highest BCUT2D eigenvalue weighted by Gasteiger charge is 2.19. The third kappa shape index (κ3) is 7.19. The number of nitrogens with one attached hydrogen (secondary N) is 2. The van der Waals surface area contributed by atoms with E-state index in [4.69, 9.17) is 4.74 Å². The van der Waals surface area contributed by atoms with Gasteiger partial charge in [0.2, 0.25) is 0 Å². The van der Waals surface area contributed by atoms with Crippen LogP contribution < -0.4 is 15.4 Å². The SMILES string of the molecule is CC(O)CNC(=O)c1cccc(OCC(=O)NC(c2ccc(F)cc2)C(C)C)c1. The summed E-state index contributed by atoms with van der Waals surface area (Å²) in [6.45, 7) is 5.43. The van der Waals surface area contributed by atoms with Crippen molar-refractivity contribution in [3.63, 3.8) is 0 Å². The number of hydrogen-bond donors (Lipinski definition) is 3. The lowest BCUT2D eigenvalue weighted by Gasteiger charge is -2.23. The molecule has 0 aliphatic rings. The third-order valence-electron chi connectivity index (χ3n) is 4.24. The van der Waals surface area contributed by atoms with E-state index in [9.17, 15) is 19.1 Å². The molecule has 2 aromatic rings. The van der Waals surface area contributed by atoms with Gasteiger partial charge in [-0.2, -0.15) is 0 Å². The molecule has 2 atom stereocenters. The molecule has 0 saturated heterocycles. The molecule has 7 heteroatoms. The first kappa shape index (κ1) is 22.4.